The molecular formula is C16H28N2O3. The second kappa shape index (κ2) is 5.95. The molecule has 1 saturated heterocycles. The zero-order valence-electron chi connectivity index (χ0n) is 13.7. The molecule has 0 aromatic carbocycles. The van der Waals surface area contributed by atoms with Gasteiger partial charge in [0.15, 0.2) is 0 Å². The van der Waals surface area contributed by atoms with Gasteiger partial charge >= 0.3 is 0 Å². The maximum absolute atomic E-state index is 12.9. The number of nitrogens with one attached hydrogen (secondary N) is 1. The average molecular weight is 296 g/mol. The van der Waals surface area contributed by atoms with Gasteiger partial charge in [0.2, 0.25) is 11.8 Å². The molecule has 2 amide bonds. The molecule has 1 spiro atoms. The number of ether oxygens (including phenoxy) is 1. The second-order valence-corrected chi connectivity index (χ2v) is 6.91. The van der Waals surface area contributed by atoms with Crippen molar-refractivity contribution in [2.24, 2.45) is 0 Å². The van der Waals surface area contributed by atoms with Crippen molar-refractivity contribution in [2.75, 3.05) is 13.7 Å². The van der Waals surface area contributed by atoms with Gasteiger partial charge < -0.3 is 15.0 Å². The van der Waals surface area contributed by atoms with Crippen LogP contribution in [0.5, 0.6) is 0 Å². The third kappa shape index (κ3) is 3.07. The van der Waals surface area contributed by atoms with E-state index >= 15 is 0 Å². The Kier molecular flexibility index (Phi) is 4.61. The van der Waals surface area contributed by atoms with Crippen LogP contribution in [0.25, 0.3) is 0 Å². The van der Waals surface area contributed by atoms with Crippen LogP contribution >= 0.6 is 0 Å². The first-order valence-electron chi connectivity index (χ1n) is 8.03. The number of methoxy groups -OCH3 is 1. The number of carbonyl (C=O) groups is 2. The SMILES string of the molecule is CCC1C(=O)NC2(CCCC2)C(=O)N1CCC(C)(C)OC. The Labute approximate surface area is 127 Å². The van der Waals surface area contributed by atoms with Crippen molar-refractivity contribution in [3.05, 3.63) is 0 Å². The third-order valence-electron chi connectivity index (χ3n) is 5.06. The highest BCUT2D eigenvalue weighted by Gasteiger charge is 2.51. The van der Waals surface area contributed by atoms with E-state index in [1.807, 2.05) is 20.8 Å². The van der Waals surface area contributed by atoms with Crippen LogP contribution < -0.4 is 5.32 Å². The molecule has 1 unspecified atom stereocenters. The fourth-order valence-electron chi connectivity index (χ4n) is 3.40. The van der Waals surface area contributed by atoms with Crippen molar-refractivity contribution in [1.82, 2.24) is 10.2 Å². The van der Waals surface area contributed by atoms with Crippen LogP contribution in [0.15, 0.2) is 0 Å². The molecule has 2 aliphatic rings. The topological polar surface area (TPSA) is 58.6 Å². The molecule has 1 heterocycles. The summed E-state index contributed by atoms with van der Waals surface area (Å²) in [4.78, 5) is 27.1. The first kappa shape index (κ1) is 16.3. The molecule has 2 fully saturated rings. The Morgan fingerprint density at radius 2 is 1.95 bits per heavy atom. The lowest BCUT2D eigenvalue weighted by atomic mass is 9.89. The number of hydrogen-bond donors (Lipinski definition) is 1. The van der Waals surface area contributed by atoms with Crippen molar-refractivity contribution < 1.29 is 14.3 Å². The molecule has 1 N–H and O–H groups in total. The predicted octanol–water partition coefficient (Wildman–Crippen LogP) is 1.85. The standard InChI is InChI=1S/C16H28N2O3/c1-5-12-13(19)17-16(8-6-7-9-16)14(20)18(12)11-10-15(2,3)21-4/h12H,5-11H2,1-4H3,(H,17,19). The molecule has 0 bridgehead atoms. The number of carbonyl (C=O) groups excluding carboxylic acids is 2. The number of hydrogen-bond acceptors (Lipinski definition) is 3. The van der Waals surface area contributed by atoms with Gasteiger partial charge in [0.05, 0.1) is 5.60 Å². The molecule has 1 atom stereocenters. The Bertz CT molecular complexity index is 414. The zero-order valence-corrected chi connectivity index (χ0v) is 13.7. The molecule has 5 heteroatoms. The summed E-state index contributed by atoms with van der Waals surface area (Å²) < 4.78 is 5.44. The molecular weight excluding hydrogens is 268 g/mol. The van der Waals surface area contributed by atoms with Crippen LogP contribution in [0.1, 0.15) is 59.3 Å². The maximum atomic E-state index is 12.9. The van der Waals surface area contributed by atoms with E-state index in [0.717, 1.165) is 32.1 Å². The summed E-state index contributed by atoms with van der Waals surface area (Å²) >= 11 is 0. The van der Waals surface area contributed by atoms with Crippen LogP contribution in [0.2, 0.25) is 0 Å². The van der Waals surface area contributed by atoms with E-state index in [2.05, 4.69) is 5.32 Å². The largest absolute Gasteiger partial charge is 0.379 e. The molecule has 0 aromatic heterocycles. The number of nitrogens with zero attached hydrogens (tertiary/aromatic N) is 1. The monoisotopic (exact) mass is 296 g/mol. The van der Waals surface area contributed by atoms with Gasteiger partial charge in [-0.3, -0.25) is 9.59 Å². The maximum Gasteiger partial charge on any atom is 0.249 e. The van der Waals surface area contributed by atoms with Crippen LogP contribution in [-0.4, -0.2) is 47.6 Å². The van der Waals surface area contributed by atoms with Crippen LogP contribution in [0, 0.1) is 0 Å². The molecule has 1 saturated carbocycles. The summed E-state index contributed by atoms with van der Waals surface area (Å²) in [5.41, 5.74) is -0.907. The second-order valence-electron chi connectivity index (χ2n) is 6.91. The Morgan fingerprint density at radius 1 is 1.33 bits per heavy atom. The lowest BCUT2D eigenvalue weighted by Crippen LogP contribution is -2.69. The van der Waals surface area contributed by atoms with E-state index in [-0.39, 0.29) is 23.5 Å². The minimum Gasteiger partial charge on any atom is -0.379 e. The van der Waals surface area contributed by atoms with Crippen molar-refractivity contribution in [3.8, 4) is 0 Å². The molecule has 0 radical (unpaired) electrons. The summed E-state index contributed by atoms with van der Waals surface area (Å²) in [5, 5.41) is 3.02. The summed E-state index contributed by atoms with van der Waals surface area (Å²) in [6, 6.07) is -0.337. The quantitative estimate of drug-likeness (QED) is 0.842. The highest BCUT2D eigenvalue weighted by atomic mass is 16.5. The van der Waals surface area contributed by atoms with E-state index in [0.29, 0.717) is 13.0 Å². The van der Waals surface area contributed by atoms with Gasteiger partial charge in [0, 0.05) is 13.7 Å². The van der Waals surface area contributed by atoms with Crippen LogP contribution in [0.3, 0.4) is 0 Å². The lowest BCUT2D eigenvalue weighted by Gasteiger charge is -2.45. The van der Waals surface area contributed by atoms with Crippen molar-refractivity contribution in [1.29, 1.82) is 0 Å². The minimum absolute atomic E-state index is 0.00854. The van der Waals surface area contributed by atoms with Gasteiger partial charge in [-0.1, -0.05) is 19.8 Å². The highest BCUT2D eigenvalue weighted by Crippen LogP contribution is 2.35. The molecule has 1 aliphatic carbocycles. The number of rotatable bonds is 5. The highest BCUT2D eigenvalue weighted by molar-refractivity contribution is 6.00. The van der Waals surface area contributed by atoms with E-state index in [1.165, 1.54) is 0 Å². The fraction of sp³-hybridized carbons (Fsp3) is 0.875. The van der Waals surface area contributed by atoms with E-state index in [4.69, 9.17) is 4.74 Å². The minimum atomic E-state index is -0.625. The summed E-state index contributed by atoms with van der Waals surface area (Å²) in [5.74, 6) is 0.118. The zero-order chi connectivity index (χ0) is 15.7. The number of piperazine rings is 1. The van der Waals surface area contributed by atoms with Gasteiger partial charge in [-0.2, -0.15) is 0 Å². The number of amides is 2. The Balaban J connectivity index is 2.17. The van der Waals surface area contributed by atoms with Gasteiger partial charge in [-0.15, -0.1) is 0 Å². The smallest absolute Gasteiger partial charge is 0.249 e. The summed E-state index contributed by atoms with van der Waals surface area (Å²) in [6.07, 6.45) is 4.97. The normalized spacial score (nSPS) is 25.5. The third-order valence-corrected chi connectivity index (χ3v) is 5.06. The average Bonchev–Trinajstić information content (AvgIpc) is 2.90. The van der Waals surface area contributed by atoms with E-state index < -0.39 is 5.54 Å². The van der Waals surface area contributed by atoms with Gasteiger partial charge in [-0.05, 0) is 39.5 Å². The summed E-state index contributed by atoms with van der Waals surface area (Å²) in [6.45, 7) is 6.55. The van der Waals surface area contributed by atoms with Crippen molar-refractivity contribution >= 4 is 11.8 Å². The van der Waals surface area contributed by atoms with E-state index in [1.54, 1.807) is 12.0 Å². The molecule has 5 nitrogen and oxygen atoms in total. The van der Waals surface area contributed by atoms with Crippen molar-refractivity contribution in [2.45, 2.75) is 76.5 Å². The van der Waals surface area contributed by atoms with Gasteiger partial charge in [0.25, 0.3) is 0 Å². The van der Waals surface area contributed by atoms with Gasteiger partial charge in [-0.25, -0.2) is 0 Å². The lowest BCUT2D eigenvalue weighted by molar-refractivity contribution is -0.155. The summed E-state index contributed by atoms with van der Waals surface area (Å²) in [7, 11) is 1.68. The van der Waals surface area contributed by atoms with Crippen LogP contribution in [0.4, 0.5) is 0 Å². The van der Waals surface area contributed by atoms with E-state index in [9.17, 15) is 9.59 Å². The molecule has 21 heavy (non-hydrogen) atoms. The Morgan fingerprint density at radius 3 is 2.48 bits per heavy atom. The van der Waals surface area contributed by atoms with Gasteiger partial charge in [0.1, 0.15) is 11.6 Å². The van der Waals surface area contributed by atoms with Crippen molar-refractivity contribution in [3.63, 3.8) is 0 Å². The molecule has 120 valence electrons. The van der Waals surface area contributed by atoms with Crippen LogP contribution in [-0.2, 0) is 14.3 Å². The molecule has 1 aliphatic heterocycles. The first-order valence-corrected chi connectivity index (χ1v) is 8.03. The molecule has 2 rings (SSSR count). The predicted molar refractivity (Wildman–Crippen MR) is 80.8 cm³/mol. The Hall–Kier alpha value is -1.10. The fourth-order valence-corrected chi connectivity index (χ4v) is 3.40. The first-order chi connectivity index (χ1) is 9.85. The molecule has 0 aromatic rings.